The van der Waals surface area contributed by atoms with E-state index in [0.717, 1.165) is 10.5 Å². The summed E-state index contributed by atoms with van der Waals surface area (Å²) in [5, 5.41) is 11.4. The molecule has 1 heterocycles. The highest BCUT2D eigenvalue weighted by molar-refractivity contribution is 5.77. The lowest BCUT2D eigenvalue weighted by Crippen LogP contribution is -3.10. The number of aromatic nitrogens is 2. The molecule has 0 saturated heterocycles. The first kappa shape index (κ1) is 18.7. The van der Waals surface area contributed by atoms with Crippen LogP contribution in [0.15, 0.2) is 53.3 Å². The van der Waals surface area contributed by atoms with Gasteiger partial charge < -0.3 is 14.6 Å². The second kappa shape index (κ2) is 8.52. The average Bonchev–Trinajstić information content (AvgIpc) is 2.66. The quantitative estimate of drug-likeness (QED) is 0.457. The molecule has 8 heteroatoms. The molecule has 0 aliphatic carbocycles. The first-order valence-corrected chi connectivity index (χ1v) is 8.60. The molecule has 0 saturated carbocycles. The Morgan fingerprint density at radius 3 is 2.59 bits per heavy atom. The number of aromatic amines is 1. The number of nitrogens with one attached hydrogen (secondary N) is 2. The van der Waals surface area contributed by atoms with Crippen molar-refractivity contribution in [1.82, 2.24) is 9.97 Å². The van der Waals surface area contributed by atoms with Crippen LogP contribution >= 0.6 is 0 Å². The fourth-order valence-corrected chi connectivity index (χ4v) is 2.97. The van der Waals surface area contributed by atoms with Gasteiger partial charge in [-0.3, -0.25) is 14.9 Å². The highest BCUT2D eigenvalue weighted by Crippen LogP contribution is 2.11. The van der Waals surface area contributed by atoms with E-state index in [1.165, 1.54) is 12.1 Å². The van der Waals surface area contributed by atoms with Crippen molar-refractivity contribution < 1.29 is 14.6 Å². The molecular weight excluding hydrogens is 348 g/mol. The van der Waals surface area contributed by atoms with Gasteiger partial charge in [0.1, 0.15) is 19.6 Å². The fraction of sp³-hybridized carbons (Fsp3) is 0.263. The maximum Gasteiger partial charge on any atom is 0.269 e. The highest BCUT2D eigenvalue weighted by Gasteiger charge is 2.14. The molecule has 0 radical (unpaired) electrons. The molecule has 27 heavy (non-hydrogen) atoms. The second-order valence-electron chi connectivity index (χ2n) is 6.30. The molecule has 0 amide bonds. The van der Waals surface area contributed by atoms with Crippen molar-refractivity contribution in [2.45, 2.75) is 13.1 Å². The van der Waals surface area contributed by atoms with Crippen molar-refractivity contribution in [3.8, 4) is 0 Å². The predicted molar refractivity (Wildman–Crippen MR) is 101 cm³/mol. The van der Waals surface area contributed by atoms with E-state index < -0.39 is 4.92 Å². The van der Waals surface area contributed by atoms with Gasteiger partial charge in [-0.15, -0.1) is 0 Å². The number of nitrogens with zero attached hydrogens (tertiary/aromatic N) is 2. The number of ether oxygens (including phenoxy) is 1. The maximum atomic E-state index is 12.3. The minimum absolute atomic E-state index is 0.0673. The van der Waals surface area contributed by atoms with Crippen LogP contribution in [0.4, 0.5) is 5.69 Å². The molecule has 1 atom stereocenters. The van der Waals surface area contributed by atoms with Crippen LogP contribution in [0.5, 0.6) is 0 Å². The maximum absolute atomic E-state index is 12.3. The van der Waals surface area contributed by atoms with E-state index >= 15 is 0 Å². The van der Waals surface area contributed by atoms with E-state index in [9.17, 15) is 14.9 Å². The monoisotopic (exact) mass is 369 g/mol. The predicted octanol–water partition coefficient (Wildman–Crippen LogP) is 1.06. The summed E-state index contributed by atoms with van der Waals surface area (Å²) >= 11 is 0. The van der Waals surface area contributed by atoms with E-state index in [1.54, 1.807) is 25.3 Å². The van der Waals surface area contributed by atoms with Crippen LogP contribution in [0.25, 0.3) is 10.9 Å². The molecule has 1 aromatic heterocycles. The zero-order valence-corrected chi connectivity index (χ0v) is 15.0. The Morgan fingerprint density at radius 2 is 1.89 bits per heavy atom. The van der Waals surface area contributed by atoms with Crippen LogP contribution in [-0.4, -0.2) is 35.2 Å². The van der Waals surface area contributed by atoms with Crippen LogP contribution in [0.2, 0.25) is 0 Å². The van der Waals surface area contributed by atoms with Gasteiger partial charge in [0.2, 0.25) is 0 Å². The van der Waals surface area contributed by atoms with E-state index in [1.807, 2.05) is 18.2 Å². The zero-order chi connectivity index (χ0) is 19.2. The Morgan fingerprint density at radius 1 is 1.15 bits per heavy atom. The number of H-pyrrole nitrogens is 1. The molecule has 0 bridgehead atoms. The molecule has 0 spiro atoms. The van der Waals surface area contributed by atoms with Crippen LogP contribution in [-0.2, 0) is 17.8 Å². The van der Waals surface area contributed by atoms with Gasteiger partial charge in [0.15, 0.2) is 5.82 Å². The van der Waals surface area contributed by atoms with Crippen molar-refractivity contribution in [2.75, 3.05) is 20.3 Å². The van der Waals surface area contributed by atoms with Crippen LogP contribution in [0.1, 0.15) is 11.4 Å². The summed E-state index contributed by atoms with van der Waals surface area (Å²) in [6, 6.07) is 13.7. The summed E-state index contributed by atoms with van der Waals surface area (Å²) in [5.41, 5.74) is 1.54. The van der Waals surface area contributed by atoms with Crippen molar-refractivity contribution >= 4 is 16.6 Å². The van der Waals surface area contributed by atoms with Gasteiger partial charge in [0.05, 0.1) is 22.4 Å². The zero-order valence-electron chi connectivity index (χ0n) is 15.0. The number of methoxy groups -OCH3 is 1. The lowest BCUT2D eigenvalue weighted by Gasteiger charge is -2.19. The Balaban J connectivity index is 1.80. The Hall–Kier alpha value is -3.10. The molecule has 0 fully saturated rings. The first-order chi connectivity index (χ1) is 13.1. The molecule has 2 N–H and O–H groups in total. The van der Waals surface area contributed by atoms with E-state index in [2.05, 4.69) is 9.97 Å². The summed E-state index contributed by atoms with van der Waals surface area (Å²) in [6.45, 7) is 2.42. The summed E-state index contributed by atoms with van der Waals surface area (Å²) in [7, 11) is 1.64. The van der Waals surface area contributed by atoms with Gasteiger partial charge in [0.25, 0.3) is 11.2 Å². The third-order valence-electron chi connectivity index (χ3n) is 4.34. The summed E-state index contributed by atoms with van der Waals surface area (Å²) in [5.74, 6) is 0.603. The molecule has 3 rings (SSSR count). The second-order valence-corrected chi connectivity index (χ2v) is 6.30. The topological polar surface area (TPSA) is 103 Å². The lowest BCUT2D eigenvalue weighted by atomic mass is 10.2. The first-order valence-electron chi connectivity index (χ1n) is 8.60. The number of fused-ring (bicyclic) bond motifs is 1. The van der Waals surface area contributed by atoms with Crippen molar-refractivity contribution in [2.24, 2.45) is 0 Å². The van der Waals surface area contributed by atoms with Gasteiger partial charge in [-0.2, -0.15) is 0 Å². The molecule has 0 aliphatic rings. The van der Waals surface area contributed by atoms with Gasteiger partial charge in [-0.05, 0) is 24.3 Å². The number of nitro groups is 1. The highest BCUT2D eigenvalue weighted by atomic mass is 16.6. The van der Waals surface area contributed by atoms with Crippen molar-refractivity contribution in [1.29, 1.82) is 0 Å². The molecule has 3 aromatic rings. The van der Waals surface area contributed by atoms with Crippen LogP contribution in [0, 0.1) is 10.1 Å². The van der Waals surface area contributed by atoms with Gasteiger partial charge >= 0.3 is 0 Å². The minimum Gasteiger partial charge on any atom is -0.379 e. The number of rotatable bonds is 8. The number of hydrogen-bond acceptors (Lipinski definition) is 5. The fourth-order valence-electron chi connectivity index (χ4n) is 2.97. The third-order valence-corrected chi connectivity index (χ3v) is 4.34. The van der Waals surface area contributed by atoms with Gasteiger partial charge in [0, 0.05) is 24.8 Å². The molecule has 1 unspecified atom stereocenters. The number of hydrogen-bond donors (Lipinski definition) is 2. The Bertz CT molecular complexity index is 985. The SMILES string of the molecule is COCC[NH+](Cc1ccc([N+](=O)[O-])cc1)Cc1nc2ccccc2c(=O)[nH]1. The lowest BCUT2D eigenvalue weighted by molar-refractivity contribution is -0.928. The van der Waals surface area contributed by atoms with E-state index in [-0.39, 0.29) is 11.2 Å². The number of quaternary nitrogens is 1. The van der Waals surface area contributed by atoms with Gasteiger partial charge in [-0.25, -0.2) is 4.98 Å². The smallest absolute Gasteiger partial charge is 0.269 e. The Kier molecular flexibility index (Phi) is 5.90. The summed E-state index contributed by atoms with van der Waals surface area (Å²) < 4.78 is 5.19. The molecule has 0 aliphatic heterocycles. The minimum atomic E-state index is -0.414. The molecule has 140 valence electrons. The van der Waals surface area contributed by atoms with Gasteiger partial charge in [-0.1, -0.05) is 12.1 Å². The van der Waals surface area contributed by atoms with Crippen molar-refractivity contribution in [3.05, 3.63) is 80.4 Å². The Labute approximate surface area is 155 Å². The third kappa shape index (κ3) is 4.75. The largest absolute Gasteiger partial charge is 0.379 e. The molecular formula is C19H21N4O4+. The number of para-hydroxylation sites is 1. The van der Waals surface area contributed by atoms with E-state index in [4.69, 9.17) is 4.74 Å². The summed E-state index contributed by atoms with van der Waals surface area (Å²) in [4.78, 5) is 31.2. The molecule has 2 aromatic carbocycles. The average molecular weight is 369 g/mol. The number of nitro benzene ring substituents is 1. The summed E-state index contributed by atoms with van der Waals surface area (Å²) in [6.07, 6.45) is 0. The standard InChI is InChI=1S/C19H20N4O4/c1-27-11-10-22(12-14-6-8-15(9-7-14)23(25)26)13-18-20-17-5-3-2-4-16(17)19(24)21-18/h2-9H,10-13H2,1H3,(H,20,21,24)/p+1. The number of benzene rings is 2. The normalized spacial score (nSPS) is 12.2. The van der Waals surface area contributed by atoms with Crippen molar-refractivity contribution in [3.63, 3.8) is 0 Å². The molecule has 8 nitrogen and oxygen atoms in total. The van der Waals surface area contributed by atoms with Crippen LogP contribution in [0.3, 0.4) is 0 Å². The number of non-ortho nitro benzene ring substituents is 1. The van der Waals surface area contributed by atoms with E-state index in [0.29, 0.717) is 43.0 Å². The van der Waals surface area contributed by atoms with Crippen LogP contribution < -0.4 is 10.5 Å².